The van der Waals surface area contributed by atoms with Crippen LogP contribution < -0.4 is 5.73 Å². The summed E-state index contributed by atoms with van der Waals surface area (Å²) in [6.45, 7) is 0. The second-order valence-electron chi connectivity index (χ2n) is 3.16. The lowest BCUT2D eigenvalue weighted by atomic mass is 10.3. The zero-order valence-electron chi connectivity index (χ0n) is 6.38. The molecule has 5 nitrogen and oxygen atoms in total. The number of fused-ring (bicyclic) bond motifs is 1. The van der Waals surface area contributed by atoms with Gasteiger partial charge < -0.3 is 5.73 Å². The Morgan fingerprint density at radius 3 is 2.83 bits per heavy atom. The number of allylic oxidation sites excluding steroid dienone is 1. The summed E-state index contributed by atoms with van der Waals surface area (Å²) >= 11 is 0. The van der Waals surface area contributed by atoms with Gasteiger partial charge in [-0.2, -0.15) is 5.01 Å². The summed E-state index contributed by atoms with van der Waals surface area (Å²) in [5.74, 6) is 0.699. The first-order valence-corrected chi connectivity index (χ1v) is 3.84. The molecule has 0 aromatic carbocycles. The van der Waals surface area contributed by atoms with Gasteiger partial charge in [0.1, 0.15) is 0 Å². The van der Waals surface area contributed by atoms with Crippen LogP contribution in [-0.2, 0) is 0 Å². The smallest absolute Gasteiger partial charge is 0.338 e. The molecule has 64 valence electrons. The van der Waals surface area contributed by atoms with Gasteiger partial charge in [0, 0.05) is 5.92 Å². The van der Waals surface area contributed by atoms with Crippen molar-refractivity contribution in [1.29, 1.82) is 0 Å². The molecule has 1 saturated carbocycles. The van der Waals surface area contributed by atoms with Crippen molar-refractivity contribution in [3.63, 3.8) is 0 Å². The second-order valence-corrected chi connectivity index (χ2v) is 3.16. The molecular formula is C7H9N3O2. The number of nitroso groups, excluding NO2 is 1. The molecule has 3 atom stereocenters. The third-order valence-electron chi connectivity index (χ3n) is 2.55. The lowest BCUT2D eigenvalue weighted by molar-refractivity contribution is 0.202. The van der Waals surface area contributed by atoms with E-state index in [1.165, 1.54) is 0 Å². The van der Waals surface area contributed by atoms with E-state index in [9.17, 15) is 9.70 Å². The Balaban J connectivity index is 2.06. The number of nitrogens with two attached hydrogens (primary N) is 1. The van der Waals surface area contributed by atoms with Gasteiger partial charge >= 0.3 is 6.03 Å². The van der Waals surface area contributed by atoms with Crippen molar-refractivity contribution >= 4 is 6.03 Å². The zero-order valence-corrected chi connectivity index (χ0v) is 6.38. The average molecular weight is 167 g/mol. The van der Waals surface area contributed by atoms with Crippen LogP contribution in [0.25, 0.3) is 0 Å². The summed E-state index contributed by atoms with van der Waals surface area (Å²) in [7, 11) is 0. The number of carbonyl (C=O) groups is 1. The maximum absolute atomic E-state index is 10.7. The number of hydrogen-bond donors (Lipinski definition) is 1. The van der Waals surface area contributed by atoms with Gasteiger partial charge in [0.15, 0.2) is 0 Å². The molecule has 12 heavy (non-hydrogen) atoms. The van der Waals surface area contributed by atoms with Crippen molar-refractivity contribution in [1.82, 2.24) is 5.01 Å². The fraction of sp³-hybridized carbons (Fsp3) is 0.571. The van der Waals surface area contributed by atoms with Crippen LogP contribution in [0.2, 0.25) is 0 Å². The molecule has 2 amide bonds. The monoisotopic (exact) mass is 167 g/mol. The quantitative estimate of drug-likeness (QED) is 0.372. The average Bonchev–Trinajstić information content (AvgIpc) is 2.53. The first-order chi connectivity index (χ1) is 5.75. The lowest BCUT2D eigenvalue weighted by Gasteiger charge is -2.09. The van der Waals surface area contributed by atoms with Gasteiger partial charge in [0.25, 0.3) is 0 Å². The van der Waals surface area contributed by atoms with Crippen molar-refractivity contribution in [2.24, 2.45) is 22.9 Å². The number of carbonyl (C=O) groups excluding carboxylic acids is 1. The number of amides is 2. The van der Waals surface area contributed by atoms with E-state index < -0.39 is 6.03 Å². The molecule has 2 aliphatic carbocycles. The minimum atomic E-state index is -0.752. The van der Waals surface area contributed by atoms with E-state index >= 15 is 0 Å². The molecule has 2 rings (SSSR count). The Hall–Kier alpha value is -1.39. The molecule has 0 aliphatic heterocycles. The number of rotatable bonds is 2. The van der Waals surface area contributed by atoms with Gasteiger partial charge in [-0.25, -0.2) is 4.79 Å². The summed E-state index contributed by atoms with van der Waals surface area (Å²) in [5.41, 5.74) is 4.96. The Morgan fingerprint density at radius 2 is 2.42 bits per heavy atom. The Bertz CT molecular complexity index is 263. The lowest BCUT2D eigenvalue weighted by Crippen LogP contribution is -2.34. The number of urea groups is 1. The molecule has 0 saturated heterocycles. The van der Waals surface area contributed by atoms with E-state index in [1.54, 1.807) is 0 Å². The Kier molecular flexibility index (Phi) is 1.39. The van der Waals surface area contributed by atoms with Crippen LogP contribution in [0.1, 0.15) is 6.42 Å². The van der Waals surface area contributed by atoms with Crippen molar-refractivity contribution in [3.05, 3.63) is 17.1 Å². The summed E-state index contributed by atoms with van der Waals surface area (Å²) in [6.07, 6.45) is 4.99. The molecule has 0 aromatic rings. The molecule has 0 spiro atoms. The molecule has 0 heterocycles. The van der Waals surface area contributed by atoms with E-state index in [2.05, 4.69) is 11.4 Å². The van der Waals surface area contributed by atoms with E-state index in [-0.39, 0.29) is 6.04 Å². The Labute approximate surface area is 69.2 Å². The summed E-state index contributed by atoms with van der Waals surface area (Å²) in [6, 6.07) is -0.817. The highest BCUT2D eigenvalue weighted by Gasteiger charge is 2.55. The number of primary amides is 1. The first kappa shape index (κ1) is 7.27. The highest BCUT2D eigenvalue weighted by molar-refractivity contribution is 5.72. The van der Waals surface area contributed by atoms with Crippen molar-refractivity contribution in [2.75, 3.05) is 0 Å². The Morgan fingerprint density at radius 1 is 1.67 bits per heavy atom. The fourth-order valence-corrected chi connectivity index (χ4v) is 1.91. The molecule has 2 N–H and O–H groups in total. The van der Waals surface area contributed by atoms with Crippen LogP contribution in [0.5, 0.6) is 0 Å². The van der Waals surface area contributed by atoms with Gasteiger partial charge in [-0.1, -0.05) is 12.2 Å². The van der Waals surface area contributed by atoms with E-state index in [1.807, 2.05) is 6.08 Å². The van der Waals surface area contributed by atoms with Crippen LogP contribution in [0, 0.1) is 16.7 Å². The minimum absolute atomic E-state index is 0.0648. The van der Waals surface area contributed by atoms with Crippen LogP contribution in [0.3, 0.4) is 0 Å². The molecule has 0 aromatic heterocycles. The second kappa shape index (κ2) is 2.30. The molecule has 0 bridgehead atoms. The molecule has 2 aliphatic rings. The fourth-order valence-electron chi connectivity index (χ4n) is 1.91. The predicted octanol–water partition coefficient (Wildman–Crippen LogP) is 0.623. The summed E-state index contributed by atoms with van der Waals surface area (Å²) in [5, 5.41) is 3.45. The van der Waals surface area contributed by atoms with E-state index in [0.29, 0.717) is 11.8 Å². The number of hydrogen-bond acceptors (Lipinski definition) is 3. The van der Waals surface area contributed by atoms with Crippen molar-refractivity contribution in [2.45, 2.75) is 12.5 Å². The van der Waals surface area contributed by atoms with Gasteiger partial charge in [-0.05, 0) is 12.3 Å². The van der Waals surface area contributed by atoms with Crippen LogP contribution in [-0.4, -0.2) is 17.1 Å². The van der Waals surface area contributed by atoms with Gasteiger partial charge in [0.2, 0.25) is 0 Å². The summed E-state index contributed by atoms with van der Waals surface area (Å²) < 4.78 is 0. The van der Waals surface area contributed by atoms with Crippen molar-refractivity contribution < 1.29 is 4.79 Å². The van der Waals surface area contributed by atoms with Crippen LogP contribution in [0.4, 0.5) is 4.79 Å². The normalized spacial score (nSPS) is 35.8. The standard InChI is InChI=1S/C7H9N3O2/c8-7(11)10(9-12)6-4-2-1-3-5(4)6/h1-2,4-6H,3H2,(H2,8,11). The van der Waals surface area contributed by atoms with Gasteiger partial charge in [-0.3, -0.25) is 0 Å². The van der Waals surface area contributed by atoms with E-state index in [4.69, 9.17) is 5.73 Å². The largest absolute Gasteiger partial charge is 0.350 e. The maximum atomic E-state index is 10.7. The zero-order chi connectivity index (χ0) is 8.72. The maximum Gasteiger partial charge on any atom is 0.338 e. The predicted molar refractivity (Wildman–Crippen MR) is 41.7 cm³/mol. The first-order valence-electron chi connectivity index (χ1n) is 3.84. The van der Waals surface area contributed by atoms with E-state index in [0.717, 1.165) is 11.4 Å². The number of nitrogens with zero attached hydrogens (tertiary/aromatic N) is 2. The third-order valence-corrected chi connectivity index (χ3v) is 2.55. The highest BCUT2D eigenvalue weighted by Crippen LogP contribution is 2.50. The van der Waals surface area contributed by atoms with Gasteiger partial charge in [0.05, 0.1) is 11.3 Å². The molecular weight excluding hydrogens is 158 g/mol. The van der Waals surface area contributed by atoms with Crippen LogP contribution in [0.15, 0.2) is 17.4 Å². The minimum Gasteiger partial charge on any atom is -0.350 e. The topological polar surface area (TPSA) is 75.8 Å². The SMILES string of the molecule is NC(=O)N(N=O)C1C2C=CCC21. The van der Waals surface area contributed by atoms with Crippen molar-refractivity contribution in [3.8, 4) is 0 Å². The van der Waals surface area contributed by atoms with Gasteiger partial charge in [-0.15, -0.1) is 4.91 Å². The summed E-state index contributed by atoms with van der Waals surface area (Å²) in [4.78, 5) is 20.9. The molecule has 5 heteroatoms. The highest BCUT2D eigenvalue weighted by atomic mass is 16.3. The molecule has 3 unspecified atom stereocenters. The molecule has 0 radical (unpaired) electrons. The van der Waals surface area contributed by atoms with Crippen LogP contribution >= 0.6 is 0 Å². The molecule has 1 fully saturated rings. The third kappa shape index (κ3) is 0.823.